The third kappa shape index (κ3) is 2.98. The van der Waals surface area contributed by atoms with Crippen molar-refractivity contribution in [2.45, 2.75) is 13.0 Å². The van der Waals surface area contributed by atoms with E-state index in [0.717, 1.165) is 11.6 Å². The van der Waals surface area contributed by atoms with Gasteiger partial charge in [-0.1, -0.05) is 12.1 Å². The Hall–Kier alpha value is -3.16. The van der Waals surface area contributed by atoms with Crippen LogP contribution in [-0.2, 0) is 6.61 Å². The molecule has 0 unspecified atom stereocenters. The lowest BCUT2D eigenvalue weighted by atomic mass is 10.1. The van der Waals surface area contributed by atoms with Crippen LogP contribution in [0.2, 0.25) is 0 Å². The number of benzene rings is 2. The molecule has 0 aliphatic rings. The number of H-pyrrole nitrogens is 1. The lowest BCUT2D eigenvalue weighted by Crippen LogP contribution is -2.06. The number of aromatic carboxylic acids is 1. The Balaban J connectivity index is 1.91. The van der Waals surface area contributed by atoms with Crippen LogP contribution in [0, 0.1) is 0 Å². The van der Waals surface area contributed by atoms with Gasteiger partial charge < -0.3 is 19.9 Å². The van der Waals surface area contributed by atoms with Crippen LogP contribution in [0.25, 0.3) is 11.0 Å². The number of aromatic nitrogens is 2. The van der Waals surface area contributed by atoms with E-state index in [-0.39, 0.29) is 12.4 Å². The molecule has 3 aromatic rings. The van der Waals surface area contributed by atoms with Crippen molar-refractivity contribution in [2.24, 2.45) is 0 Å². The summed E-state index contributed by atoms with van der Waals surface area (Å²) in [7, 11) is 0. The quantitative estimate of drug-likeness (QED) is 0.664. The first-order valence-electron chi connectivity index (χ1n) is 6.90. The first-order chi connectivity index (χ1) is 11.5. The number of rotatable bonds is 5. The van der Waals surface area contributed by atoms with Gasteiger partial charge in [0.05, 0.1) is 11.0 Å². The first kappa shape index (κ1) is 15.7. The number of halogens is 2. The molecule has 2 aromatic carbocycles. The Morgan fingerprint density at radius 1 is 1.29 bits per heavy atom. The highest BCUT2D eigenvalue weighted by atomic mass is 19.3. The fourth-order valence-electron chi connectivity index (χ4n) is 2.30. The monoisotopic (exact) mass is 334 g/mol. The minimum atomic E-state index is -2.87. The summed E-state index contributed by atoms with van der Waals surface area (Å²) < 4.78 is 31.0. The molecule has 0 aliphatic carbocycles. The Bertz CT molecular complexity index is 875. The second-order valence-electron chi connectivity index (χ2n) is 5.01. The van der Waals surface area contributed by atoms with Crippen molar-refractivity contribution < 1.29 is 28.5 Å². The number of fused-ring (bicyclic) bond motifs is 1. The van der Waals surface area contributed by atoms with E-state index >= 15 is 0 Å². The van der Waals surface area contributed by atoms with Crippen LogP contribution in [0.1, 0.15) is 28.2 Å². The normalized spacial score (nSPS) is 11.1. The van der Waals surface area contributed by atoms with Crippen LogP contribution in [0.5, 0.6) is 11.5 Å². The van der Waals surface area contributed by atoms with Gasteiger partial charge in [-0.25, -0.2) is 18.6 Å². The fourth-order valence-corrected chi connectivity index (χ4v) is 2.30. The summed E-state index contributed by atoms with van der Waals surface area (Å²) in [4.78, 5) is 18.4. The lowest BCUT2D eigenvalue weighted by molar-refractivity contribution is 0.0687. The molecular weight excluding hydrogens is 322 g/mol. The molecule has 0 fully saturated rings. The molecular formula is C16H12F2N2O4. The van der Waals surface area contributed by atoms with Gasteiger partial charge in [-0.3, -0.25) is 0 Å². The Labute approximate surface area is 134 Å². The van der Waals surface area contributed by atoms with Gasteiger partial charge in [0, 0.05) is 5.56 Å². The number of ether oxygens (including phenoxy) is 1. The van der Waals surface area contributed by atoms with Gasteiger partial charge in [0.15, 0.2) is 0 Å². The predicted molar refractivity (Wildman–Crippen MR) is 80.4 cm³/mol. The van der Waals surface area contributed by atoms with E-state index in [1.165, 1.54) is 0 Å². The maximum absolute atomic E-state index is 12.8. The summed E-state index contributed by atoms with van der Waals surface area (Å²) in [5.41, 5.74) is 0.352. The number of imidazole rings is 1. The van der Waals surface area contributed by atoms with E-state index in [4.69, 9.17) is 9.84 Å². The topological polar surface area (TPSA) is 95.4 Å². The molecule has 0 saturated heterocycles. The van der Waals surface area contributed by atoms with Crippen molar-refractivity contribution in [2.75, 3.05) is 0 Å². The van der Waals surface area contributed by atoms with Crippen molar-refractivity contribution in [1.29, 1.82) is 0 Å². The maximum atomic E-state index is 12.8. The van der Waals surface area contributed by atoms with Gasteiger partial charge in [-0.05, 0) is 24.3 Å². The minimum absolute atomic E-state index is 0.166. The van der Waals surface area contributed by atoms with Gasteiger partial charge in [0.1, 0.15) is 29.5 Å². The van der Waals surface area contributed by atoms with Gasteiger partial charge in [-0.15, -0.1) is 0 Å². The van der Waals surface area contributed by atoms with Crippen LogP contribution in [0.3, 0.4) is 0 Å². The zero-order valence-corrected chi connectivity index (χ0v) is 12.2. The standard InChI is InChI=1S/C16H12F2N2O4/c17-15(18)8-5-11(21)14(16(22)23)12(6-8)24-7-13-19-9-3-1-2-4-10(9)20-13/h1-6,15,21H,7H2,(H,19,20)(H,22,23). The molecule has 0 amide bonds. The minimum Gasteiger partial charge on any atom is -0.507 e. The molecule has 6 nitrogen and oxygen atoms in total. The van der Waals surface area contributed by atoms with E-state index in [9.17, 15) is 18.7 Å². The first-order valence-corrected chi connectivity index (χ1v) is 6.90. The zero-order chi connectivity index (χ0) is 17.3. The largest absolute Gasteiger partial charge is 0.507 e. The SMILES string of the molecule is O=C(O)c1c(O)cc(C(F)F)cc1OCc1nc2ccccc2[nH]1. The number of nitrogens with zero attached hydrogens (tertiary/aromatic N) is 1. The van der Waals surface area contributed by atoms with Gasteiger partial charge in [0.2, 0.25) is 0 Å². The van der Waals surface area contributed by atoms with Gasteiger partial charge >= 0.3 is 5.97 Å². The van der Waals surface area contributed by atoms with Crippen molar-refractivity contribution in [1.82, 2.24) is 9.97 Å². The molecule has 1 heterocycles. The second kappa shape index (κ2) is 6.15. The van der Waals surface area contributed by atoms with Gasteiger partial charge in [0.25, 0.3) is 6.43 Å². The van der Waals surface area contributed by atoms with E-state index in [1.807, 2.05) is 6.07 Å². The molecule has 1 aromatic heterocycles. The average Bonchev–Trinajstić information content (AvgIpc) is 2.94. The highest BCUT2D eigenvalue weighted by Gasteiger charge is 2.21. The Morgan fingerprint density at radius 2 is 2.04 bits per heavy atom. The molecule has 0 saturated carbocycles. The van der Waals surface area contributed by atoms with Crippen LogP contribution < -0.4 is 4.74 Å². The van der Waals surface area contributed by atoms with E-state index in [0.29, 0.717) is 17.4 Å². The number of alkyl halides is 2. The number of phenols is 1. The summed E-state index contributed by atoms with van der Waals surface area (Å²) in [6.07, 6.45) is -2.87. The lowest BCUT2D eigenvalue weighted by Gasteiger charge is -2.11. The van der Waals surface area contributed by atoms with Crippen LogP contribution in [-0.4, -0.2) is 26.2 Å². The number of hydrogen-bond acceptors (Lipinski definition) is 4. The summed E-state index contributed by atoms with van der Waals surface area (Å²) in [5.74, 6) is -2.21. The summed E-state index contributed by atoms with van der Waals surface area (Å²) in [6, 6.07) is 8.82. The number of aromatic amines is 1. The summed E-state index contributed by atoms with van der Waals surface area (Å²) >= 11 is 0. The number of hydrogen-bond donors (Lipinski definition) is 3. The fraction of sp³-hybridized carbons (Fsp3) is 0.125. The van der Waals surface area contributed by atoms with Crippen molar-refractivity contribution in [3.8, 4) is 11.5 Å². The molecule has 0 aliphatic heterocycles. The maximum Gasteiger partial charge on any atom is 0.343 e. The molecule has 0 spiro atoms. The molecule has 0 bridgehead atoms. The number of nitrogens with one attached hydrogen (secondary N) is 1. The molecule has 3 N–H and O–H groups in total. The second-order valence-corrected chi connectivity index (χ2v) is 5.01. The van der Waals surface area contributed by atoms with E-state index in [2.05, 4.69) is 9.97 Å². The highest BCUT2D eigenvalue weighted by Crippen LogP contribution is 2.34. The molecule has 0 radical (unpaired) electrons. The highest BCUT2D eigenvalue weighted by molar-refractivity contribution is 5.94. The number of carboxylic acid groups (broad SMARTS) is 1. The Kier molecular flexibility index (Phi) is 4.03. The van der Waals surface area contributed by atoms with Crippen LogP contribution in [0.15, 0.2) is 36.4 Å². The van der Waals surface area contributed by atoms with E-state index in [1.54, 1.807) is 18.2 Å². The van der Waals surface area contributed by atoms with Gasteiger partial charge in [-0.2, -0.15) is 0 Å². The smallest absolute Gasteiger partial charge is 0.343 e. The van der Waals surface area contributed by atoms with E-state index < -0.39 is 29.3 Å². The molecule has 24 heavy (non-hydrogen) atoms. The predicted octanol–water partition coefficient (Wildman–Crippen LogP) is 3.48. The number of carbonyl (C=O) groups is 1. The third-order valence-electron chi connectivity index (χ3n) is 3.37. The van der Waals surface area contributed by atoms with Crippen LogP contribution >= 0.6 is 0 Å². The zero-order valence-electron chi connectivity index (χ0n) is 12.2. The molecule has 8 heteroatoms. The molecule has 124 valence electrons. The number of aromatic hydroxyl groups is 1. The number of para-hydroxylation sites is 2. The average molecular weight is 334 g/mol. The third-order valence-corrected chi connectivity index (χ3v) is 3.37. The van der Waals surface area contributed by atoms with Crippen molar-refractivity contribution in [3.05, 3.63) is 53.3 Å². The van der Waals surface area contributed by atoms with Crippen molar-refractivity contribution >= 4 is 17.0 Å². The molecule has 3 rings (SSSR count). The Morgan fingerprint density at radius 3 is 2.71 bits per heavy atom. The summed E-state index contributed by atoms with van der Waals surface area (Å²) in [6.45, 7) is -0.166. The summed E-state index contributed by atoms with van der Waals surface area (Å²) in [5, 5.41) is 18.8. The molecule has 0 atom stereocenters. The van der Waals surface area contributed by atoms with Crippen LogP contribution in [0.4, 0.5) is 8.78 Å². The van der Waals surface area contributed by atoms with Crippen molar-refractivity contribution in [3.63, 3.8) is 0 Å². The number of carboxylic acids is 1.